The lowest BCUT2D eigenvalue weighted by molar-refractivity contribution is -0.0472. The van der Waals surface area contributed by atoms with Gasteiger partial charge in [-0.2, -0.15) is 0 Å². The Morgan fingerprint density at radius 1 is 0.885 bits per heavy atom. The van der Waals surface area contributed by atoms with E-state index in [0.29, 0.717) is 5.54 Å². The Morgan fingerprint density at radius 3 is 2.38 bits per heavy atom. The maximum Gasteiger partial charge on any atom is 0.0324 e. The lowest BCUT2D eigenvalue weighted by Gasteiger charge is -2.52. The van der Waals surface area contributed by atoms with Gasteiger partial charge in [0.25, 0.3) is 0 Å². The molecule has 0 radical (unpaired) electrons. The largest absolute Gasteiger partial charge is 0.249 e. The van der Waals surface area contributed by atoms with Gasteiger partial charge >= 0.3 is 0 Å². The number of fused-ring (bicyclic) bond motifs is 2. The standard InChI is InChI=1S/C24H46N2/c1-4-7-8-9-10-11-15-21-18-24(5-2,6-3)25-26-19-22-17-20(22)14-12-13-16-23(21)26/h20-23,25H,4-19H2,1-3H3. The number of hydrazine groups is 1. The highest BCUT2D eigenvalue weighted by atomic mass is 15.6. The topological polar surface area (TPSA) is 15.3 Å². The van der Waals surface area contributed by atoms with Crippen LogP contribution in [0.15, 0.2) is 0 Å². The zero-order chi connectivity index (χ0) is 18.4. The fraction of sp³-hybridized carbons (Fsp3) is 1.00. The molecule has 4 unspecified atom stereocenters. The average molecular weight is 363 g/mol. The highest BCUT2D eigenvalue weighted by molar-refractivity contribution is 4.99. The summed E-state index contributed by atoms with van der Waals surface area (Å²) in [4.78, 5) is 0. The van der Waals surface area contributed by atoms with E-state index in [1.807, 2.05) is 0 Å². The number of hydrogen-bond donors (Lipinski definition) is 1. The maximum atomic E-state index is 4.10. The van der Waals surface area contributed by atoms with Crippen molar-refractivity contribution in [2.45, 2.75) is 129 Å². The second-order valence-electron chi connectivity index (χ2n) is 9.88. The molecular formula is C24H46N2. The van der Waals surface area contributed by atoms with E-state index < -0.39 is 0 Å². The Hall–Kier alpha value is -0.0800. The highest BCUT2D eigenvalue weighted by Gasteiger charge is 2.46. The van der Waals surface area contributed by atoms with Crippen molar-refractivity contribution in [3.05, 3.63) is 0 Å². The molecule has 2 nitrogen and oxygen atoms in total. The van der Waals surface area contributed by atoms with Crippen molar-refractivity contribution in [2.24, 2.45) is 17.8 Å². The summed E-state index contributed by atoms with van der Waals surface area (Å²) in [5, 5.41) is 2.79. The average Bonchev–Trinajstić information content (AvgIpc) is 3.39. The summed E-state index contributed by atoms with van der Waals surface area (Å²) in [6.45, 7) is 8.48. The number of hydrogen-bond acceptors (Lipinski definition) is 2. The Labute approximate surface area is 163 Å². The predicted molar refractivity (Wildman–Crippen MR) is 113 cm³/mol. The second kappa shape index (κ2) is 9.92. The zero-order valence-corrected chi connectivity index (χ0v) is 18.1. The first-order valence-corrected chi connectivity index (χ1v) is 12.3. The molecule has 0 amide bonds. The van der Waals surface area contributed by atoms with Crippen LogP contribution in [0.5, 0.6) is 0 Å². The van der Waals surface area contributed by atoms with Crippen LogP contribution in [0, 0.1) is 17.8 Å². The van der Waals surface area contributed by atoms with Crippen molar-refractivity contribution in [1.29, 1.82) is 0 Å². The number of nitrogens with zero attached hydrogens (tertiary/aromatic N) is 1. The van der Waals surface area contributed by atoms with Gasteiger partial charge in [0.2, 0.25) is 0 Å². The van der Waals surface area contributed by atoms with Crippen LogP contribution in [-0.4, -0.2) is 23.1 Å². The van der Waals surface area contributed by atoms with E-state index in [2.05, 4.69) is 31.2 Å². The molecule has 4 atom stereocenters. The smallest absolute Gasteiger partial charge is 0.0324 e. The number of nitrogens with one attached hydrogen (secondary N) is 1. The molecular weight excluding hydrogens is 316 g/mol. The van der Waals surface area contributed by atoms with Gasteiger partial charge in [0, 0.05) is 18.1 Å². The number of rotatable bonds is 9. The minimum absolute atomic E-state index is 0.377. The van der Waals surface area contributed by atoms with Gasteiger partial charge in [-0.15, -0.1) is 0 Å². The van der Waals surface area contributed by atoms with Gasteiger partial charge in [0.15, 0.2) is 0 Å². The predicted octanol–water partition coefficient (Wildman–Crippen LogP) is 6.70. The van der Waals surface area contributed by atoms with Crippen LogP contribution in [0.25, 0.3) is 0 Å². The third-order valence-electron chi connectivity index (χ3n) is 8.09. The van der Waals surface area contributed by atoms with Crippen molar-refractivity contribution >= 4 is 0 Å². The van der Waals surface area contributed by atoms with E-state index in [9.17, 15) is 0 Å². The normalized spacial score (nSPS) is 34.3. The maximum absolute atomic E-state index is 4.10. The summed E-state index contributed by atoms with van der Waals surface area (Å²) in [5.41, 5.74) is 4.48. The van der Waals surface area contributed by atoms with Gasteiger partial charge in [-0.3, -0.25) is 0 Å². The van der Waals surface area contributed by atoms with E-state index in [1.54, 1.807) is 0 Å². The van der Waals surface area contributed by atoms with E-state index in [1.165, 1.54) is 103 Å². The van der Waals surface area contributed by atoms with E-state index in [4.69, 9.17) is 0 Å². The monoisotopic (exact) mass is 362 g/mol. The van der Waals surface area contributed by atoms with Crippen LogP contribution >= 0.6 is 0 Å². The molecule has 0 aromatic heterocycles. The molecule has 2 heterocycles. The lowest BCUT2D eigenvalue weighted by atomic mass is 9.75. The van der Waals surface area contributed by atoms with Gasteiger partial charge in [-0.25, -0.2) is 10.4 Å². The van der Waals surface area contributed by atoms with Gasteiger partial charge in [0.1, 0.15) is 0 Å². The van der Waals surface area contributed by atoms with Crippen LogP contribution < -0.4 is 5.43 Å². The molecule has 2 saturated heterocycles. The van der Waals surface area contributed by atoms with Crippen molar-refractivity contribution in [3.8, 4) is 0 Å². The van der Waals surface area contributed by atoms with Gasteiger partial charge in [0.05, 0.1) is 0 Å². The molecule has 1 N–H and O–H groups in total. The first-order chi connectivity index (χ1) is 12.7. The first kappa shape index (κ1) is 20.6. The van der Waals surface area contributed by atoms with Gasteiger partial charge in [-0.05, 0) is 56.3 Å². The molecule has 26 heavy (non-hydrogen) atoms. The summed E-state index contributed by atoms with van der Waals surface area (Å²) in [5.74, 6) is 2.99. The third kappa shape index (κ3) is 5.25. The molecule has 3 fully saturated rings. The Bertz CT molecular complexity index is 403. The second-order valence-corrected chi connectivity index (χ2v) is 9.88. The fourth-order valence-corrected chi connectivity index (χ4v) is 5.98. The minimum atomic E-state index is 0.377. The Morgan fingerprint density at radius 2 is 1.62 bits per heavy atom. The van der Waals surface area contributed by atoms with Crippen LogP contribution in [0.2, 0.25) is 0 Å². The fourth-order valence-electron chi connectivity index (χ4n) is 5.98. The lowest BCUT2D eigenvalue weighted by Crippen LogP contribution is -2.65. The molecule has 0 aromatic carbocycles. The van der Waals surface area contributed by atoms with Crippen LogP contribution in [0.4, 0.5) is 0 Å². The zero-order valence-electron chi connectivity index (χ0n) is 18.1. The summed E-state index contributed by atoms with van der Waals surface area (Å²) >= 11 is 0. The summed E-state index contributed by atoms with van der Waals surface area (Å²) in [7, 11) is 0. The van der Waals surface area contributed by atoms with Crippen LogP contribution in [-0.2, 0) is 0 Å². The Balaban J connectivity index is 1.61. The van der Waals surface area contributed by atoms with E-state index in [0.717, 1.165) is 23.8 Å². The van der Waals surface area contributed by atoms with E-state index >= 15 is 0 Å². The van der Waals surface area contributed by atoms with Crippen molar-refractivity contribution in [3.63, 3.8) is 0 Å². The molecule has 0 spiro atoms. The van der Waals surface area contributed by atoms with Gasteiger partial charge < -0.3 is 0 Å². The van der Waals surface area contributed by atoms with Crippen LogP contribution in [0.3, 0.4) is 0 Å². The SMILES string of the molecule is CCCCCCCCC1CC(CC)(CC)NN2CC3CC3CCCCC12. The van der Waals surface area contributed by atoms with Crippen LogP contribution in [0.1, 0.15) is 117 Å². The summed E-state index contributed by atoms with van der Waals surface area (Å²) in [6.07, 6.45) is 21.5. The van der Waals surface area contributed by atoms with Crippen molar-refractivity contribution < 1.29 is 0 Å². The molecule has 2 heteroatoms. The minimum Gasteiger partial charge on any atom is -0.249 e. The molecule has 152 valence electrons. The summed E-state index contributed by atoms with van der Waals surface area (Å²) in [6, 6.07) is 0.816. The summed E-state index contributed by atoms with van der Waals surface area (Å²) < 4.78 is 0. The Kier molecular flexibility index (Phi) is 7.88. The van der Waals surface area contributed by atoms with Crippen molar-refractivity contribution in [1.82, 2.24) is 10.4 Å². The highest BCUT2D eigenvalue weighted by Crippen LogP contribution is 2.46. The molecule has 3 aliphatic rings. The van der Waals surface area contributed by atoms with Gasteiger partial charge in [-0.1, -0.05) is 78.6 Å². The third-order valence-corrected chi connectivity index (χ3v) is 8.09. The molecule has 2 aliphatic heterocycles. The first-order valence-electron chi connectivity index (χ1n) is 12.3. The molecule has 0 aromatic rings. The molecule has 0 bridgehead atoms. The molecule has 1 aliphatic carbocycles. The van der Waals surface area contributed by atoms with E-state index in [-0.39, 0.29) is 0 Å². The molecule has 1 saturated carbocycles. The molecule has 3 rings (SSSR count). The number of unbranched alkanes of at least 4 members (excludes halogenated alkanes) is 5. The quantitative estimate of drug-likeness (QED) is 0.459. The van der Waals surface area contributed by atoms with Crippen molar-refractivity contribution in [2.75, 3.05) is 6.54 Å².